The van der Waals surface area contributed by atoms with Gasteiger partial charge in [-0.3, -0.25) is 4.90 Å². The van der Waals surface area contributed by atoms with Crippen molar-refractivity contribution in [2.75, 3.05) is 31.1 Å². The highest BCUT2D eigenvalue weighted by atomic mass is 35.5. The van der Waals surface area contributed by atoms with Crippen LogP contribution in [-0.4, -0.2) is 50.8 Å². The molecular weight excluding hydrogens is 449 g/mol. The van der Waals surface area contributed by atoms with E-state index in [0.717, 1.165) is 10.4 Å². The predicted octanol–water partition coefficient (Wildman–Crippen LogP) is 4.76. The van der Waals surface area contributed by atoms with Crippen LogP contribution >= 0.6 is 22.9 Å². The molecule has 1 atom stereocenters. The summed E-state index contributed by atoms with van der Waals surface area (Å²) in [6, 6.07) is 14.4. The quantitative estimate of drug-likeness (QED) is 0.454. The summed E-state index contributed by atoms with van der Waals surface area (Å²) in [6.45, 7) is 4.76. The normalized spacial score (nSPS) is 16.0. The molecule has 1 aliphatic heterocycles. The number of hydrogen-bond donors (Lipinski definition) is 1. The molecule has 32 heavy (non-hydrogen) atoms. The molecule has 1 unspecified atom stereocenters. The predicted molar refractivity (Wildman–Crippen MR) is 125 cm³/mol. The maximum Gasteiger partial charge on any atom is 0.230 e. The molecule has 5 rings (SSSR count). The van der Waals surface area contributed by atoms with Gasteiger partial charge in [-0.1, -0.05) is 54.1 Å². The van der Waals surface area contributed by atoms with Gasteiger partial charge in [-0.05, 0) is 29.8 Å². The van der Waals surface area contributed by atoms with Gasteiger partial charge in [0.1, 0.15) is 5.82 Å². The Morgan fingerprint density at radius 2 is 1.91 bits per heavy atom. The van der Waals surface area contributed by atoms with Gasteiger partial charge in [-0.15, -0.1) is 5.10 Å². The summed E-state index contributed by atoms with van der Waals surface area (Å²) in [6.07, 6.45) is 0.707. The fourth-order valence-corrected chi connectivity index (χ4v) is 5.59. The van der Waals surface area contributed by atoms with Gasteiger partial charge in [-0.2, -0.15) is 4.52 Å². The number of aromatic hydroxyl groups is 1. The summed E-state index contributed by atoms with van der Waals surface area (Å²) >= 11 is 7.76. The number of aromatic nitrogens is 3. The van der Waals surface area contributed by atoms with E-state index < -0.39 is 0 Å². The first-order valence-electron chi connectivity index (χ1n) is 10.6. The Morgan fingerprint density at radius 1 is 1.12 bits per heavy atom. The van der Waals surface area contributed by atoms with E-state index in [2.05, 4.69) is 19.9 Å². The highest BCUT2D eigenvalue weighted by molar-refractivity contribution is 7.17. The van der Waals surface area contributed by atoms with Crippen molar-refractivity contribution < 1.29 is 9.50 Å². The molecule has 9 heteroatoms. The number of para-hydroxylation sites is 1. The molecule has 1 aliphatic rings. The zero-order valence-corrected chi connectivity index (χ0v) is 19.2. The van der Waals surface area contributed by atoms with Crippen LogP contribution in [0.2, 0.25) is 5.02 Å². The number of thiazole rings is 1. The number of anilines is 1. The van der Waals surface area contributed by atoms with Gasteiger partial charge < -0.3 is 10.0 Å². The lowest BCUT2D eigenvalue weighted by atomic mass is 10.0. The summed E-state index contributed by atoms with van der Waals surface area (Å²) in [4.78, 5) is 10.3. The number of fused-ring (bicyclic) bond motifs is 1. The largest absolute Gasteiger partial charge is 0.492 e. The second-order valence-corrected chi connectivity index (χ2v) is 9.24. The van der Waals surface area contributed by atoms with Crippen LogP contribution in [0.1, 0.15) is 29.2 Å². The molecule has 2 aromatic carbocycles. The average molecular weight is 472 g/mol. The third kappa shape index (κ3) is 3.83. The number of benzene rings is 2. The van der Waals surface area contributed by atoms with Crippen molar-refractivity contribution >= 4 is 33.6 Å². The second-order valence-electron chi connectivity index (χ2n) is 7.80. The first kappa shape index (κ1) is 21.2. The first-order chi connectivity index (χ1) is 15.5. The Bertz CT molecular complexity index is 1250. The van der Waals surface area contributed by atoms with E-state index in [-0.39, 0.29) is 17.7 Å². The Morgan fingerprint density at radius 3 is 2.59 bits per heavy atom. The van der Waals surface area contributed by atoms with Crippen LogP contribution < -0.4 is 4.90 Å². The van der Waals surface area contributed by atoms with Gasteiger partial charge in [0.15, 0.2) is 5.82 Å². The van der Waals surface area contributed by atoms with Crippen LogP contribution in [0.3, 0.4) is 0 Å². The van der Waals surface area contributed by atoms with Gasteiger partial charge >= 0.3 is 0 Å². The minimum atomic E-state index is -0.206. The first-order valence-corrected chi connectivity index (χ1v) is 11.8. The van der Waals surface area contributed by atoms with Crippen molar-refractivity contribution in [2.45, 2.75) is 19.4 Å². The van der Waals surface area contributed by atoms with E-state index in [4.69, 9.17) is 11.6 Å². The van der Waals surface area contributed by atoms with E-state index in [0.29, 0.717) is 54.1 Å². The molecule has 0 spiro atoms. The monoisotopic (exact) mass is 471 g/mol. The lowest BCUT2D eigenvalue weighted by Gasteiger charge is -2.40. The minimum Gasteiger partial charge on any atom is -0.492 e. The van der Waals surface area contributed by atoms with Crippen molar-refractivity contribution in [1.82, 2.24) is 19.5 Å². The van der Waals surface area contributed by atoms with Gasteiger partial charge in [0.05, 0.1) is 16.6 Å². The number of nitrogens with zero attached hydrogens (tertiary/aromatic N) is 5. The number of rotatable bonds is 5. The van der Waals surface area contributed by atoms with Crippen molar-refractivity contribution in [3.05, 3.63) is 75.6 Å². The van der Waals surface area contributed by atoms with Crippen molar-refractivity contribution in [2.24, 2.45) is 0 Å². The van der Waals surface area contributed by atoms with Gasteiger partial charge in [0.25, 0.3) is 0 Å². The summed E-state index contributed by atoms with van der Waals surface area (Å²) in [5.41, 5.74) is 1.62. The summed E-state index contributed by atoms with van der Waals surface area (Å²) in [5.74, 6) is 0.608. The number of halogens is 2. The van der Waals surface area contributed by atoms with Crippen LogP contribution in [0.4, 0.5) is 10.1 Å². The molecule has 1 N–H and O–H groups in total. The molecule has 6 nitrogen and oxygen atoms in total. The summed E-state index contributed by atoms with van der Waals surface area (Å²) in [7, 11) is 0. The minimum absolute atomic E-state index is 0.110. The fraction of sp³-hybridized carbons (Fsp3) is 0.304. The topological polar surface area (TPSA) is 56.9 Å². The molecule has 0 amide bonds. The molecule has 1 saturated heterocycles. The zero-order chi connectivity index (χ0) is 22.2. The SMILES string of the molecule is CCc1nc2sc(C(c3cccc(Cl)c3)N3CCN(c4ccccc4F)CC3)c(O)n2n1. The van der Waals surface area contributed by atoms with Crippen LogP contribution in [0.15, 0.2) is 48.5 Å². The summed E-state index contributed by atoms with van der Waals surface area (Å²) < 4.78 is 15.8. The van der Waals surface area contributed by atoms with E-state index >= 15 is 0 Å². The standard InChI is InChI=1S/C23H23ClFN5OS/c1-2-19-26-23-30(27-19)22(31)21(32-23)20(15-6-5-7-16(24)14-15)29-12-10-28(11-13-29)18-9-4-3-8-17(18)25/h3-9,14,20,31H,2,10-13H2,1H3. The van der Waals surface area contributed by atoms with E-state index in [1.807, 2.05) is 43.3 Å². The number of aryl methyl sites for hydroxylation is 1. The molecule has 4 aromatic rings. The van der Waals surface area contributed by atoms with Crippen LogP contribution in [-0.2, 0) is 6.42 Å². The molecule has 0 radical (unpaired) electrons. The molecule has 0 aliphatic carbocycles. The Balaban J connectivity index is 1.49. The molecule has 0 bridgehead atoms. The third-order valence-corrected chi connectivity index (χ3v) is 7.15. The highest BCUT2D eigenvalue weighted by Crippen LogP contribution is 2.41. The lowest BCUT2D eigenvalue weighted by Crippen LogP contribution is -2.48. The Labute approximate surface area is 194 Å². The maximum atomic E-state index is 14.3. The van der Waals surface area contributed by atoms with Crippen LogP contribution in [0, 0.1) is 5.82 Å². The lowest BCUT2D eigenvalue weighted by molar-refractivity contribution is 0.210. The molecule has 2 aromatic heterocycles. The molecule has 166 valence electrons. The molecule has 3 heterocycles. The molecular formula is C23H23ClFN5OS. The third-order valence-electron chi connectivity index (χ3n) is 5.85. The van der Waals surface area contributed by atoms with Crippen molar-refractivity contribution in [3.8, 4) is 5.88 Å². The van der Waals surface area contributed by atoms with Crippen molar-refractivity contribution in [3.63, 3.8) is 0 Å². The molecule has 1 fully saturated rings. The van der Waals surface area contributed by atoms with Crippen molar-refractivity contribution in [1.29, 1.82) is 0 Å². The molecule has 0 saturated carbocycles. The van der Waals surface area contributed by atoms with Crippen LogP contribution in [0.5, 0.6) is 5.88 Å². The highest BCUT2D eigenvalue weighted by Gasteiger charge is 2.32. The van der Waals surface area contributed by atoms with Gasteiger partial charge in [0.2, 0.25) is 10.8 Å². The number of piperazine rings is 1. The smallest absolute Gasteiger partial charge is 0.230 e. The Hall–Kier alpha value is -2.68. The number of hydrogen-bond acceptors (Lipinski definition) is 6. The summed E-state index contributed by atoms with van der Waals surface area (Å²) in [5, 5.41) is 16.1. The zero-order valence-electron chi connectivity index (χ0n) is 17.6. The maximum absolute atomic E-state index is 14.3. The van der Waals surface area contributed by atoms with Gasteiger partial charge in [-0.25, -0.2) is 9.37 Å². The van der Waals surface area contributed by atoms with Gasteiger partial charge in [0, 0.05) is 37.6 Å². The van der Waals surface area contributed by atoms with E-state index in [9.17, 15) is 9.50 Å². The fourth-order valence-electron chi connectivity index (χ4n) is 4.25. The van der Waals surface area contributed by atoms with Crippen LogP contribution in [0.25, 0.3) is 4.96 Å². The van der Waals surface area contributed by atoms with E-state index in [1.54, 1.807) is 6.07 Å². The van der Waals surface area contributed by atoms with E-state index in [1.165, 1.54) is 21.9 Å². The average Bonchev–Trinajstić information content (AvgIpc) is 3.34. The Kier molecular flexibility index (Phi) is 5.75. The second kappa shape index (κ2) is 8.69.